The molecule has 4 aromatic rings. The molecule has 0 unspecified atom stereocenters. The number of imide groups is 1. The highest BCUT2D eigenvalue weighted by atomic mass is 79.9. The van der Waals surface area contributed by atoms with Gasteiger partial charge in [-0.15, -0.1) is 0 Å². The molecule has 0 N–H and O–H groups in total. The average Bonchev–Trinajstić information content (AvgIpc) is 3.26. The maximum absolute atomic E-state index is 13.8. The van der Waals surface area contributed by atoms with Crippen LogP contribution in [0.25, 0.3) is 0 Å². The molecule has 2 atom stereocenters. The number of nitrogens with zero attached hydrogens (tertiary/aromatic N) is 2. The van der Waals surface area contributed by atoms with Gasteiger partial charge in [0.2, 0.25) is 0 Å². The van der Waals surface area contributed by atoms with Crippen LogP contribution in [-0.4, -0.2) is 29.6 Å². The van der Waals surface area contributed by atoms with Crippen molar-refractivity contribution in [2.45, 2.75) is 25.4 Å². The minimum absolute atomic E-state index is 0.169. The molecule has 210 valence electrons. The molecule has 1 fully saturated rings. The summed E-state index contributed by atoms with van der Waals surface area (Å²) in [6.07, 6.45) is 1.53. The van der Waals surface area contributed by atoms with E-state index in [4.69, 9.17) is 21.1 Å². The predicted molar refractivity (Wildman–Crippen MR) is 164 cm³/mol. The lowest BCUT2D eigenvalue weighted by Gasteiger charge is -2.45. The third-order valence-electron chi connectivity index (χ3n) is 8.41. The van der Waals surface area contributed by atoms with Crippen LogP contribution in [0.4, 0.5) is 0 Å². The Hall–Kier alpha value is -3.94. The van der Waals surface area contributed by atoms with E-state index in [1.807, 2.05) is 61.5 Å². The molecular weight excluding hydrogens is 616 g/mol. The number of carbonyl (C=O) groups is 2. The summed E-state index contributed by atoms with van der Waals surface area (Å²) in [5, 5.41) is 6.15. The van der Waals surface area contributed by atoms with Crippen LogP contribution in [0.1, 0.15) is 52.1 Å². The fourth-order valence-corrected chi connectivity index (χ4v) is 7.50. The van der Waals surface area contributed by atoms with Gasteiger partial charge in [-0.05, 0) is 68.9 Å². The SMILES string of the molecule is CCOc1cc(/C=N\N2C(=O)[C@H]3C4c5ccccc5C(c5ccccc54)[C@@H]3C2=O)cc(Br)c1OCc1ccccc1Cl. The largest absolute Gasteiger partial charge is 0.490 e. The van der Waals surface area contributed by atoms with E-state index in [1.165, 1.54) is 6.21 Å². The van der Waals surface area contributed by atoms with Crippen molar-refractivity contribution in [3.63, 3.8) is 0 Å². The summed E-state index contributed by atoms with van der Waals surface area (Å²) in [5.41, 5.74) is 6.03. The topological polar surface area (TPSA) is 68.2 Å². The third kappa shape index (κ3) is 4.26. The minimum Gasteiger partial charge on any atom is -0.490 e. The number of benzene rings is 4. The van der Waals surface area contributed by atoms with Gasteiger partial charge in [0.05, 0.1) is 29.1 Å². The number of hydrogen-bond acceptors (Lipinski definition) is 5. The summed E-state index contributed by atoms with van der Waals surface area (Å²) < 4.78 is 12.6. The second-order valence-electron chi connectivity index (χ2n) is 10.6. The minimum atomic E-state index is -0.476. The molecule has 6 nitrogen and oxygen atoms in total. The third-order valence-corrected chi connectivity index (χ3v) is 9.37. The Bertz CT molecular complexity index is 1660. The molecule has 4 aromatic carbocycles. The first kappa shape index (κ1) is 26.9. The summed E-state index contributed by atoms with van der Waals surface area (Å²) in [6, 6.07) is 27.5. The molecule has 1 heterocycles. The van der Waals surface area contributed by atoms with Gasteiger partial charge in [-0.25, -0.2) is 0 Å². The van der Waals surface area contributed by atoms with E-state index in [9.17, 15) is 9.59 Å². The highest BCUT2D eigenvalue weighted by Crippen LogP contribution is 2.61. The summed E-state index contributed by atoms with van der Waals surface area (Å²) >= 11 is 9.90. The van der Waals surface area contributed by atoms with Gasteiger partial charge in [0.15, 0.2) is 11.5 Å². The van der Waals surface area contributed by atoms with Crippen LogP contribution >= 0.6 is 27.5 Å². The molecule has 2 bridgehead atoms. The monoisotopic (exact) mass is 640 g/mol. The van der Waals surface area contributed by atoms with E-state index in [2.05, 4.69) is 45.3 Å². The lowest BCUT2D eigenvalue weighted by molar-refractivity contribution is -0.139. The van der Waals surface area contributed by atoms with E-state index < -0.39 is 11.8 Å². The van der Waals surface area contributed by atoms with Gasteiger partial charge in [-0.2, -0.15) is 10.1 Å². The first-order chi connectivity index (χ1) is 20.5. The first-order valence-corrected chi connectivity index (χ1v) is 15.1. The zero-order valence-corrected chi connectivity index (χ0v) is 25.0. The molecule has 1 saturated heterocycles. The molecule has 0 spiro atoms. The molecule has 2 amide bonds. The van der Waals surface area contributed by atoms with Gasteiger partial charge in [0, 0.05) is 22.4 Å². The molecule has 0 radical (unpaired) electrons. The van der Waals surface area contributed by atoms with Crippen molar-refractivity contribution in [3.8, 4) is 11.5 Å². The highest BCUT2D eigenvalue weighted by molar-refractivity contribution is 9.10. The van der Waals surface area contributed by atoms with Crippen molar-refractivity contribution in [2.75, 3.05) is 6.61 Å². The van der Waals surface area contributed by atoms with E-state index in [0.29, 0.717) is 33.2 Å². The Labute approximate surface area is 257 Å². The predicted octanol–water partition coefficient (Wildman–Crippen LogP) is 7.31. The maximum Gasteiger partial charge on any atom is 0.254 e. The quantitative estimate of drug-likeness (QED) is 0.157. The van der Waals surface area contributed by atoms with Crippen LogP contribution in [0.15, 0.2) is 94.5 Å². The number of hydrogen-bond donors (Lipinski definition) is 0. The Morgan fingerprint density at radius 2 is 1.38 bits per heavy atom. The van der Waals surface area contributed by atoms with Gasteiger partial charge in [0.25, 0.3) is 11.8 Å². The molecule has 3 aliphatic carbocycles. The second kappa shape index (κ2) is 10.7. The Morgan fingerprint density at radius 3 is 1.93 bits per heavy atom. The summed E-state index contributed by atoms with van der Waals surface area (Å²) in [7, 11) is 0. The zero-order valence-electron chi connectivity index (χ0n) is 22.7. The van der Waals surface area contributed by atoms with Crippen LogP contribution in [-0.2, 0) is 16.2 Å². The smallest absolute Gasteiger partial charge is 0.254 e. The van der Waals surface area contributed by atoms with Crippen molar-refractivity contribution >= 4 is 45.6 Å². The van der Waals surface area contributed by atoms with Crippen LogP contribution < -0.4 is 9.47 Å². The van der Waals surface area contributed by atoms with E-state index in [1.54, 1.807) is 6.07 Å². The van der Waals surface area contributed by atoms with Crippen LogP contribution in [0.5, 0.6) is 11.5 Å². The highest BCUT2D eigenvalue weighted by Gasteiger charge is 2.61. The summed E-state index contributed by atoms with van der Waals surface area (Å²) in [6.45, 7) is 2.57. The molecule has 42 heavy (non-hydrogen) atoms. The zero-order chi connectivity index (χ0) is 29.0. The maximum atomic E-state index is 13.8. The molecule has 0 aromatic heterocycles. The molecule has 8 heteroatoms. The van der Waals surface area contributed by atoms with Crippen molar-refractivity contribution < 1.29 is 19.1 Å². The van der Waals surface area contributed by atoms with Crippen molar-refractivity contribution in [2.24, 2.45) is 16.9 Å². The standard InChI is InChI=1S/C34H26BrClN2O4/c1-2-41-27-16-19(15-25(35)32(27)42-18-20-9-3-8-14-26(20)36)17-37-38-33(39)30-28-21-10-4-5-11-22(21)29(31(30)34(38)40)24-13-7-6-12-23(24)28/h3-17,28-31H,2,18H2,1H3/b37-17-/t28?,29?,30-,31-/m0/s1. The van der Waals surface area contributed by atoms with Crippen molar-refractivity contribution in [3.05, 3.63) is 128 Å². The Morgan fingerprint density at radius 1 is 0.833 bits per heavy atom. The van der Waals surface area contributed by atoms with Crippen LogP contribution in [0.2, 0.25) is 5.02 Å². The Kier molecular flexibility index (Phi) is 6.87. The normalized spacial score (nSPS) is 21.8. The summed E-state index contributed by atoms with van der Waals surface area (Å²) in [5.74, 6) is -0.772. The van der Waals surface area contributed by atoms with Crippen LogP contribution in [0.3, 0.4) is 0 Å². The fourth-order valence-electron chi connectivity index (χ4n) is 6.73. The van der Waals surface area contributed by atoms with Gasteiger partial charge in [0.1, 0.15) is 6.61 Å². The molecular formula is C34H26BrClN2O4. The fraction of sp³-hybridized carbons (Fsp3) is 0.206. The number of hydrazone groups is 1. The molecule has 1 aliphatic heterocycles. The molecule has 0 saturated carbocycles. The number of rotatable bonds is 7. The van der Waals surface area contributed by atoms with E-state index >= 15 is 0 Å². The Balaban J connectivity index is 1.19. The van der Waals surface area contributed by atoms with E-state index in [0.717, 1.165) is 32.8 Å². The lowest BCUT2D eigenvalue weighted by Crippen LogP contribution is -2.41. The summed E-state index contributed by atoms with van der Waals surface area (Å²) in [4.78, 5) is 27.7. The van der Waals surface area contributed by atoms with E-state index in [-0.39, 0.29) is 30.3 Å². The molecule has 8 rings (SSSR count). The second-order valence-corrected chi connectivity index (χ2v) is 11.9. The lowest BCUT2D eigenvalue weighted by atomic mass is 9.55. The van der Waals surface area contributed by atoms with Gasteiger partial charge < -0.3 is 9.47 Å². The van der Waals surface area contributed by atoms with Crippen molar-refractivity contribution in [1.29, 1.82) is 0 Å². The number of carbonyl (C=O) groups excluding carboxylic acids is 2. The van der Waals surface area contributed by atoms with Crippen molar-refractivity contribution in [1.82, 2.24) is 5.01 Å². The van der Waals surface area contributed by atoms with Gasteiger partial charge in [-0.3, -0.25) is 9.59 Å². The van der Waals surface area contributed by atoms with Gasteiger partial charge in [-0.1, -0.05) is 78.3 Å². The average molecular weight is 642 g/mol. The number of halogens is 2. The first-order valence-electron chi connectivity index (χ1n) is 13.9. The number of ether oxygens (including phenoxy) is 2. The van der Waals surface area contributed by atoms with Crippen LogP contribution in [0, 0.1) is 11.8 Å². The van der Waals surface area contributed by atoms with Gasteiger partial charge >= 0.3 is 0 Å². The number of amides is 2. The molecule has 4 aliphatic rings.